The van der Waals surface area contributed by atoms with Gasteiger partial charge in [-0.1, -0.05) is 0 Å². The molecule has 3 aliphatic heterocycles. The van der Waals surface area contributed by atoms with Crippen LogP contribution in [0.2, 0.25) is 0 Å². The highest BCUT2D eigenvalue weighted by Gasteiger charge is 2.52. The third-order valence-electron chi connectivity index (χ3n) is 2.74. The molecular weight excluding hydrogens is 192 g/mol. The monoisotopic (exact) mass is 204 g/mol. The van der Waals surface area contributed by atoms with Crippen molar-refractivity contribution in [1.82, 2.24) is 0 Å². The molecule has 0 saturated carbocycles. The van der Waals surface area contributed by atoms with Gasteiger partial charge in [-0.25, -0.2) is 0 Å². The fraction of sp³-hybridized carbons (Fsp3) is 1.00. The number of ether oxygens (including phenoxy) is 5. The van der Waals surface area contributed by atoms with Gasteiger partial charge in [0.1, 0.15) is 31.2 Å². The molecule has 0 aromatic carbocycles. The number of fused-ring (bicyclic) bond motifs is 1. The maximum absolute atomic E-state index is 9.85. The lowest BCUT2D eigenvalue weighted by Gasteiger charge is -2.20. The molecule has 3 saturated heterocycles. The summed E-state index contributed by atoms with van der Waals surface area (Å²) in [4.78, 5) is 0. The SMILES string of the molecule is OC1[C@@H](C2COCO2)O[C@@H]2OCO[C@@H]12. The van der Waals surface area contributed by atoms with E-state index in [9.17, 15) is 5.11 Å². The third-order valence-corrected chi connectivity index (χ3v) is 2.74. The standard InChI is InChI=1S/C8H12O6/c9-5-6(4-1-10-2-11-4)14-8-7(5)12-3-13-8/h4-9H,1-3H2/t4?,5?,6-,7+,8+/m1/s1. The van der Waals surface area contributed by atoms with Crippen molar-refractivity contribution in [1.29, 1.82) is 0 Å². The van der Waals surface area contributed by atoms with E-state index in [2.05, 4.69) is 0 Å². The molecule has 3 rings (SSSR count). The van der Waals surface area contributed by atoms with Crippen LogP contribution in [0.25, 0.3) is 0 Å². The molecule has 0 radical (unpaired) electrons. The molecule has 0 aromatic heterocycles. The largest absolute Gasteiger partial charge is 0.387 e. The molecule has 0 bridgehead atoms. The van der Waals surface area contributed by atoms with E-state index in [-0.39, 0.29) is 25.8 Å². The normalized spacial score (nSPS) is 52.5. The minimum Gasteiger partial charge on any atom is -0.387 e. The molecule has 5 atom stereocenters. The first-order chi connectivity index (χ1) is 6.86. The van der Waals surface area contributed by atoms with Crippen LogP contribution in [-0.2, 0) is 23.7 Å². The average Bonchev–Trinajstić information content (AvgIpc) is 2.84. The Morgan fingerprint density at radius 3 is 2.64 bits per heavy atom. The Morgan fingerprint density at radius 1 is 1.00 bits per heavy atom. The highest BCUT2D eigenvalue weighted by molar-refractivity contribution is 4.94. The first kappa shape index (κ1) is 9.02. The van der Waals surface area contributed by atoms with Crippen LogP contribution in [0.15, 0.2) is 0 Å². The molecule has 6 nitrogen and oxygen atoms in total. The number of aliphatic hydroxyl groups is 1. The van der Waals surface area contributed by atoms with Crippen LogP contribution in [0.1, 0.15) is 0 Å². The number of hydrogen-bond donors (Lipinski definition) is 1. The summed E-state index contributed by atoms with van der Waals surface area (Å²) >= 11 is 0. The average molecular weight is 204 g/mol. The van der Waals surface area contributed by atoms with Crippen molar-refractivity contribution in [2.75, 3.05) is 20.2 Å². The number of hydrogen-bond acceptors (Lipinski definition) is 6. The fourth-order valence-electron chi connectivity index (χ4n) is 2.00. The molecule has 14 heavy (non-hydrogen) atoms. The summed E-state index contributed by atoms with van der Waals surface area (Å²) in [6.07, 6.45) is -2.17. The van der Waals surface area contributed by atoms with E-state index in [1.807, 2.05) is 0 Å². The smallest absolute Gasteiger partial charge is 0.189 e. The van der Waals surface area contributed by atoms with Gasteiger partial charge in [-0.15, -0.1) is 0 Å². The molecule has 2 unspecified atom stereocenters. The van der Waals surface area contributed by atoms with Gasteiger partial charge in [0.15, 0.2) is 13.1 Å². The second-order valence-electron chi connectivity index (χ2n) is 3.57. The Labute approximate surface area is 80.6 Å². The Hall–Kier alpha value is -0.240. The lowest BCUT2D eigenvalue weighted by Crippen LogP contribution is -2.40. The lowest BCUT2D eigenvalue weighted by atomic mass is 10.1. The second kappa shape index (κ2) is 3.41. The summed E-state index contributed by atoms with van der Waals surface area (Å²) < 4.78 is 26.1. The van der Waals surface area contributed by atoms with Crippen molar-refractivity contribution in [3.8, 4) is 0 Å². The third kappa shape index (κ3) is 1.27. The highest BCUT2D eigenvalue weighted by atomic mass is 16.8. The summed E-state index contributed by atoms with van der Waals surface area (Å²) in [5.74, 6) is 0. The van der Waals surface area contributed by atoms with Crippen molar-refractivity contribution in [3.63, 3.8) is 0 Å². The summed E-state index contributed by atoms with van der Waals surface area (Å²) in [5.41, 5.74) is 0. The molecule has 1 N–H and O–H groups in total. The molecule has 0 aromatic rings. The molecule has 6 heteroatoms. The zero-order valence-corrected chi connectivity index (χ0v) is 7.50. The summed E-state index contributed by atoms with van der Waals surface area (Å²) in [6, 6.07) is 0. The van der Waals surface area contributed by atoms with E-state index < -0.39 is 18.5 Å². The molecule has 80 valence electrons. The molecule has 3 aliphatic rings. The van der Waals surface area contributed by atoms with Gasteiger partial charge in [-0.05, 0) is 0 Å². The van der Waals surface area contributed by atoms with Crippen LogP contribution in [0.4, 0.5) is 0 Å². The van der Waals surface area contributed by atoms with E-state index in [0.29, 0.717) is 6.61 Å². The highest BCUT2D eigenvalue weighted by Crippen LogP contribution is 2.32. The van der Waals surface area contributed by atoms with Crippen molar-refractivity contribution in [2.24, 2.45) is 0 Å². The summed E-state index contributed by atoms with van der Waals surface area (Å²) in [6.45, 7) is 0.886. The molecular formula is C8H12O6. The van der Waals surface area contributed by atoms with E-state index in [1.54, 1.807) is 0 Å². The van der Waals surface area contributed by atoms with Gasteiger partial charge in [-0.2, -0.15) is 0 Å². The zero-order chi connectivity index (χ0) is 9.54. The minimum atomic E-state index is -0.700. The van der Waals surface area contributed by atoms with E-state index >= 15 is 0 Å². The van der Waals surface area contributed by atoms with Crippen LogP contribution in [-0.4, -0.2) is 56.0 Å². The lowest BCUT2D eigenvalue weighted by molar-refractivity contribution is -0.155. The minimum absolute atomic E-state index is 0.182. The summed E-state index contributed by atoms with van der Waals surface area (Å²) in [5, 5.41) is 9.85. The van der Waals surface area contributed by atoms with E-state index in [0.717, 1.165) is 0 Å². The van der Waals surface area contributed by atoms with Crippen LogP contribution in [0.3, 0.4) is 0 Å². The molecule has 0 amide bonds. The molecule has 3 heterocycles. The maximum atomic E-state index is 9.85. The first-order valence-electron chi connectivity index (χ1n) is 4.62. The Balaban J connectivity index is 1.70. The number of aliphatic hydroxyl groups excluding tert-OH is 1. The topological polar surface area (TPSA) is 66.4 Å². The number of rotatable bonds is 1. The Bertz CT molecular complexity index is 216. The second-order valence-corrected chi connectivity index (χ2v) is 3.57. The quantitative estimate of drug-likeness (QED) is 0.580. The molecule has 0 aliphatic carbocycles. The van der Waals surface area contributed by atoms with Gasteiger partial charge in [0.25, 0.3) is 0 Å². The van der Waals surface area contributed by atoms with Gasteiger partial charge in [-0.3, -0.25) is 0 Å². The van der Waals surface area contributed by atoms with Crippen LogP contribution < -0.4 is 0 Å². The van der Waals surface area contributed by atoms with E-state index in [4.69, 9.17) is 23.7 Å². The van der Waals surface area contributed by atoms with Gasteiger partial charge in [0.05, 0.1) is 6.61 Å². The van der Waals surface area contributed by atoms with Crippen molar-refractivity contribution in [2.45, 2.75) is 30.7 Å². The summed E-state index contributed by atoms with van der Waals surface area (Å²) in [7, 11) is 0. The van der Waals surface area contributed by atoms with Gasteiger partial charge < -0.3 is 28.8 Å². The van der Waals surface area contributed by atoms with Gasteiger partial charge in [0.2, 0.25) is 0 Å². The van der Waals surface area contributed by atoms with Gasteiger partial charge >= 0.3 is 0 Å². The van der Waals surface area contributed by atoms with E-state index in [1.165, 1.54) is 0 Å². The molecule has 3 fully saturated rings. The zero-order valence-electron chi connectivity index (χ0n) is 7.50. The van der Waals surface area contributed by atoms with Crippen LogP contribution in [0.5, 0.6) is 0 Å². The van der Waals surface area contributed by atoms with Crippen molar-refractivity contribution >= 4 is 0 Å². The van der Waals surface area contributed by atoms with Crippen molar-refractivity contribution < 1.29 is 28.8 Å². The first-order valence-corrected chi connectivity index (χ1v) is 4.62. The van der Waals surface area contributed by atoms with Crippen molar-refractivity contribution in [3.05, 3.63) is 0 Å². The van der Waals surface area contributed by atoms with Gasteiger partial charge in [0, 0.05) is 0 Å². The Kier molecular flexibility index (Phi) is 2.19. The van der Waals surface area contributed by atoms with Crippen LogP contribution in [0, 0.1) is 0 Å². The Morgan fingerprint density at radius 2 is 1.93 bits per heavy atom. The maximum Gasteiger partial charge on any atom is 0.189 e. The fourth-order valence-corrected chi connectivity index (χ4v) is 2.00. The predicted molar refractivity (Wildman–Crippen MR) is 41.2 cm³/mol. The molecule has 0 spiro atoms. The van der Waals surface area contributed by atoms with Crippen LogP contribution >= 0.6 is 0 Å². The predicted octanol–water partition coefficient (Wildman–Crippen LogP) is -1.18.